The molecule has 0 spiro atoms. The van der Waals surface area contributed by atoms with Gasteiger partial charge >= 0.3 is 0 Å². The van der Waals surface area contributed by atoms with Gasteiger partial charge in [0.2, 0.25) is 0 Å². The van der Waals surface area contributed by atoms with Crippen molar-refractivity contribution in [2.24, 2.45) is 0 Å². The van der Waals surface area contributed by atoms with E-state index >= 15 is 0 Å². The fraction of sp³-hybridized carbons (Fsp3) is 0.133. The largest absolute Gasteiger partial charge is 0.507 e. The summed E-state index contributed by atoms with van der Waals surface area (Å²) in [7, 11) is 0. The Kier molecular flexibility index (Phi) is 3.01. The second-order valence-electron chi connectivity index (χ2n) is 4.41. The molecule has 3 nitrogen and oxygen atoms in total. The second kappa shape index (κ2) is 4.68. The number of epoxide rings is 1. The van der Waals surface area contributed by atoms with Gasteiger partial charge in [0.15, 0.2) is 11.9 Å². The van der Waals surface area contributed by atoms with Gasteiger partial charge in [-0.1, -0.05) is 41.9 Å². The van der Waals surface area contributed by atoms with Crippen molar-refractivity contribution in [2.45, 2.75) is 12.2 Å². The fourth-order valence-corrected chi connectivity index (χ4v) is 2.24. The normalized spacial score (nSPS) is 21.1. The Labute approximate surface area is 115 Å². The first-order chi connectivity index (χ1) is 9.16. The summed E-state index contributed by atoms with van der Waals surface area (Å²) in [4.78, 5) is 12.2. The van der Waals surface area contributed by atoms with Gasteiger partial charge in [0.1, 0.15) is 11.9 Å². The summed E-state index contributed by atoms with van der Waals surface area (Å²) in [5, 5.41) is 10.1. The van der Waals surface area contributed by atoms with Crippen LogP contribution in [0.2, 0.25) is 5.02 Å². The van der Waals surface area contributed by atoms with Crippen LogP contribution in [0.25, 0.3) is 0 Å². The lowest BCUT2D eigenvalue weighted by Crippen LogP contribution is -2.08. The van der Waals surface area contributed by atoms with Crippen molar-refractivity contribution in [3.63, 3.8) is 0 Å². The first-order valence-electron chi connectivity index (χ1n) is 5.90. The number of phenols is 1. The number of carbonyl (C=O) groups is 1. The van der Waals surface area contributed by atoms with Crippen molar-refractivity contribution < 1.29 is 14.6 Å². The third-order valence-corrected chi connectivity index (χ3v) is 3.34. The Balaban J connectivity index is 1.82. The van der Waals surface area contributed by atoms with E-state index in [9.17, 15) is 9.90 Å². The molecule has 2 aromatic carbocycles. The summed E-state index contributed by atoms with van der Waals surface area (Å²) in [5.41, 5.74) is 1.17. The molecule has 3 rings (SSSR count). The fourth-order valence-electron chi connectivity index (χ4n) is 2.07. The molecule has 1 fully saturated rings. The van der Waals surface area contributed by atoms with Crippen molar-refractivity contribution in [1.82, 2.24) is 0 Å². The van der Waals surface area contributed by atoms with Crippen LogP contribution in [0.1, 0.15) is 22.0 Å². The van der Waals surface area contributed by atoms with Crippen LogP contribution in [-0.2, 0) is 4.74 Å². The Bertz CT molecular complexity index is 625. The van der Waals surface area contributed by atoms with Gasteiger partial charge in [-0.25, -0.2) is 0 Å². The maximum absolute atomic E-state index is 12.2. The van der Waals surface area contributed by atoms with Crippen LogP contribution in [-0.4, -0.2) is 17.0 Å². The van der Waals surface area contributed by atoms with E-state index in [2.05, 4.69) is 0 Å². The minimum atomic E-state index is -0.535. The number of ether oxygens (including phenoxy) is 1. The third-order valence-electron chi connectivity index (χ3n) is 3.10. The van der Waals surface area contributed by atoms with Gasteiger partial charge in [0, 0.05) is 5.02 Å². The molecule has 1 aliphatic rings. The molecule has 2 atom stereocenters. The van der Waals surface area contributed by atoms with Crippen LogP contribution in [0.4, 0.5) is 0 Å². The van der Waals surface area contributed by atoms with Crippen LogP contribution in [0, 0.1) is 0 Å². The highest BCUT2D eigenvalue weighted by Crippen LogP contribution is 2.41. The Morgan fingerprint density at radius 2 is 1.89 bits per heavy atom. The van der Waals surface area contributed by atoms with E-state index in [1.165, 1.54) is 18.2 Å². The van der Waals surface area contributed by atoms with Crippen molar-refractivity contribution >= 4 is 17.4 Å². The molecule has 0 aromatic heterocycles. The highest BCUT2D eigenvalue weighted by atomic mass is 35.5. The van der Waals surface area contributed by atoms with E-state index in [1.807, 2.05) is 30.3 Å². The molecule has 2 aromatic rings. The maximum Gasteiger partial charge on any atom is 0.198 e. The van der Waals surface area contributed by atoms with Gasteiger partial charge in [0.25, 0.3) is 0 Å². The van der Waals surface area contributed by atoms with Gasteiger partial charge < -0.3 is 9.84 Å². The summed E-state index contributed by atoms with van der Waals surface area (Å²) in [5.74, 6) is -0.314. The number of halogens is 1. The summed E-state index contributed by atoms with van der Waals surface area (Å²) >= 11 is 5.84. The smallest absolute Gasteiger partial charge is 0.198 e. The molecule has 1 saturated heterocycles. The Morgan fingerprint density at radius 3 is 2.63 bits per heavy atom. The molecule has 0 radical (unpaired) electrons. The quantitative estimate of drug-likeness (QED) is 0.690. The molecular weight excluding hydrogens is 264 g/mol. The number of phenolic OH excluding ortho intramolecular Hbond substituents is 1. The number of ketones is 1. The summed E-state index contributed by atoms with van der Waals surface area (Å²) in [6, 6.07) is 13.9. The van der Waals surface area contributed by atoms with Crippen LogP contribution >= 0.6 is 11.6 Å². The Morgan fingerprint density at radius 1 is 1.16 bits per heavy atom. The summed E-state index contributed by atoms with van der Waals surface area (Å²) in [6.45, 7) is 0. The van der Waals surface area contributed by atoms with E-state index in [0.29, 0.717) is 5.02 Å². The van der Waals surface area contributed by atoms with Gasteiger partial charge in [-0.3, -0.25) is 4.79 Å². The lowest BCUT2D eigenvalue weighted by atomic mass is 10.0. The molecule has 0 aliphatic carbocycles. The van der Waals surface area contributed by atoms with E-state index in [4.69, 9.17) is 16.3 Å². The number of carbonyl (C=O) groups excluding carboxylic acids is 1. The number of aromatic hydroxyl groups is 1. The monoisotopic (exact) mass is 274 g/mol. The first-order valence-corrected chi connectivity index (χ1v) is 6.28. The molecule has 1 N–H and O–H groups in total. The summed E-state index contributed by atoms with van der Waals surface area (Å²) in [6.07, 6.45) is -0.765. The summed E-state index contributed by atoms with van der Waals surface area (Å²) < 4.78 is 5.41. The molecule has 4 heteroatoms. The van der Waals surface area contributed by atoms with Crippen LogP contribution in [0.3, 0.4) is 0 Å². The zero-order valence-electron chi connectivity index (χ0n) is 9.92. The predicted molar refractivity (Wildman–Crippen MR) is 71.5 cm³/mol. The lowest BCUT2D eigenvalue weighted by Gasteiger charge is -2.02. The average molecular weight is 275 g/mol. The topological polar surface area (TPSA) is 49.8 Å². The molecule has 0 amide bonds. The number of hydrogen-bond acceptors (Lipinski definition) is 3. The van der Waals surface area contributed by atoms with Gasteiger partial charge in [-0.05, 0) is 23.8 Å². The maximum atomic E-state index is 12.2. The molecule has 96 valence electrons. The minimum Gasteiger partial charge on any atom is -0.507 e. The van der Waals surface area contributed by atoms with E-state index in [1.54, 1.807) is 0 Å². The van der Waals surface area contributed by atoms with Gasteiger partial charge in [-0.15, -0.1) is 0 Å². The second-order valence-corrected chi connectivity index (χ2v) is 4.85. The standard InChI is InChI=1S/C15H11ClO3/c16-10-6-7-12(17)11(8-10)13(18)15-14(19-15)9-4-2-1-3-5-9/h1-8,14-15,17H/t14-,15-/m1/s1. The molecule has 0 unspecified atom stereocenters. The van der Waals surface area contributed by atoms with Crippen molar-refractivity contribution in [3.8, 4) is 5.75 Å². The SMILES string of the molecule is O=C(c1cc(Cl)ccc1O)[C@H]1O[C@@H]1c1ccccc1. The van der Waals surface area contributed by atoms with Crippen molar-refractivity contribution in [3.05, 3.63) is 64.7 Å². The predicted octanol–water partition coefficient (Wildman–Crippen LogP) is 3.37. The van der Waals surface area contributed by atoms with Crippen LogP contribution in [0.5, 0.6) is 5.75 Å². The van der Waals surface area contributed by atoms with E-state index in [0.717, 1.165) is 5.56 Å². The van der Waals surface area contributed by atoms with E-state index < -0.39 is 6.10 Å². The third kappa shape index (κ3) is 2.35. The van der Waals surface area contributed by atoms with E-state index in [-0.39, 0.29) is 23.2 Å². The molecule has 1 heterocycles. The number of rotatable bonds is 3. The molecule has 1 aliphatic heterocycles. The molecular formula is C15H11ClO3. The van der Waals surface area contributed by atoms with Gasteiger partial charge in [-0.2, -0.15) is 0 Å². The molecule has 19 heavy (non-hydrogen) atoms. The Hall–Kier alpha value is -1.84. The lowest BCUT2D eigenvalue weighted by molar-refractivity contribution is 0.0951. The number of hydrogen-bond donors (Lipinski definition) is 1. The average Bonchev–Trinajstić information content (AvgIpc) is 3.22. The zero-order valence-corrected chi connectivity index (χ0v) is 10.7. The highest BCUT2D eigenvalue weighted by Gasteiger charge is 2.46. The first kappa shape index (κ1) is 12.2. The minimum absolute atomic E-state index is 0.0725. The number of Topliss-reactive ketones (excluding diaryl/α,β-unsaturated/α-hetero) is 1. The van der Waals surface area contributed by atoms with Gasteiger partial charge in [0.05, 0.1) is 5.56 Å². The number of benzene rings is 2. The zero-order chi connectivity index (χ0) is 13.4. The van der Waals surface area contributed by atoms with Crippen molar-refractivity contribution in [1.29, 1.82) is 0 Å². The van der Waals surface area contributed by atoms with Crippen molar-refractivity contribution in [2.75, 3.05) is 0 Å². The van der Waals surface area contributed by atoms with Crippen LogP contribution < -0.4 is 0 Å². The molecule has 0 bridgehead atoms. The van der Waals surface area contributed by atoms with Crippen LogP contribution in [0.15, 0.2) is 48.5 Å². The highest BCUT2D eigenvalue weighted by molar-refractivity contribution is 6.31. The molecule has 0 saturated carbocycles.